The first-order valence-corrected chi connectivity index (χ1v) is 9.48. The minimum atomic E-state index is -4.40. The molecule has 1 saturated heterocycles. The zero-order valence-corrected chi connectivity index (χ0v) is 15.8. The number of carbonyl (C=O) groups excluding carboxylic acids is 1. The van der Waals surface area contributed by atoms with Crippen LogP contribution in [0.1, 0.15) is 32.8 Å². The number of hydrogen-bond acceptors (Lipinski definition) is 5. The zero-order chi connectivity index (χ0) is 19.1. The van der Waals surface area contributed by atoms with Crippen molar-refractivity contribution in [2.45, 2.75) is 49.9 Å². The first kappa shape index (κ1) is 19.1. The van der Waals surface area contributed by atoms with Gasteiger partial charge in [0.15, 0.2) is 0 Å². The van der Waals surface area contributed by atoms with E-state index >= 15 is 0 Å². The number of aromatic nitrogens is 1. The van der Waals surface area contributed by atoms with Crippen molar-refractivity contribution in [2.24, 2.45) is 0 Å². The van der Waals surface area contributed by atoms with Crippen molar-refractivity contribution < 1.29 is 22.7 Å². The summed E-state index contributed by atoms with van der Waals surface area (Å²) in [6, 6.07) is 1.20. The summed E-state index contributed by atoms with van der Waals surface area (Å²) in [5, 5.41) is 0. The molecule has 0 radical (unpaired) electrons. The fraction of sp³-hybridized carbons (Fsp3) is 0.647. The molecule has 2 aliphatic heterocycles. The molecule has 0 aromatic carbocycles. The van der Waals surface area contributed by atoms with Gasteiger partial charge in [-0.15, -0.1) is 11.8 Å². The van der Waals surface area contributed by atoms with Crippen molar-refractivity contribution >= 4 is 23.7 Å². The van der Waals surface area contributed by atoms with E-state index in [1.54, 1.807) is 4.90 Å². The number of fused-ring (bicyclic) bond motifs is 3. The number of nitrogens with zero attached hydrogens (tertiary/aromatic N) is 3. The van der Waals surface area contributed by atoms with Gasteiger partial charge in [-0.1, -0.05) is 0 Å². The topological polar surface area (TPSA) is 45.7 Å². The molecule has 1 unspecified atom stereocenters. The Hall–Kier alpha value is -1.64. The number of alkyl halides is 3. The summed E-state index contributed by atoms with van der Waals surface area (Å²) in [4.78, 5) is 20.7. The van der Waals surface area contributed by atoms with Crippen LogP contribution in [0.5, 0.6) is 0 Å². The highest BCUT2D eigenvalue weighted by Crippen LogP contribution is 2.39. The van der Waals surface area contributed by atoms with Crippen LogP contribution in [0.15, 0.2) is 17.2 Å². The number of ether oxygens (including phenoxy) is 1. The molecule has 3 heterocycles. The number of pyridine rings is 1. The Balaban J connectivity index is 1.78. The molecule has 0 spiro atoms. The van der Waals surface area contributed by atoms with Crippen LogP contribution >= 0.6 is 11.8 Å². The fourth-order valence-electron chi connectivity index (χ4n) is 3.09. The molecular weight excluding hydrogens is 367 g/mol. The lowest BCUT2D eigenvalue weighted by Gasteiger charge is -2.41. The number of carbonyl (C=O) groups is 1. The van der Waals surface area contributed by atoms with Gasteiger partial charge in [-0.2, -0.15) is 13.2 Å². The van der Waals surface area contributed by atoms with E-state index in [0.717, 1.165) is 12.6 Å². The first-order valence-electron chi connectivity index (χ1n) is 8.49. The molecule has 1 atom stereocenters. The molecule has 5 nitrogen and oxygen atoms in total. The summed E-state index contributed by atoms with van der Waals surface area (Å²) in [7, 11) is 0. The largest absolute Gasteiger partial charge is 0.444 e. The third-order valence-corrected chi connectivity index (χ3v) is 5.33. The number of amides is 1. The molecule has 26 heavy (non-hydrogen) atoms. The number of piperazine rings is 1. The van der Waals surface area contributed by atoms with Gasteiger partial charge < -0.3 is 14.5 Å². The van der Waals surface area contributed by atoms with Gasteiger partial charge in [0, 0.05) is 37.6 Å². The van der Waals surface area contributed by atoms with E-state index in [4.69, 9.17) is 4.74 Å². The molecule has 0 aliphatic carbocycles. The Bertz CT molecular complexity index is 691. The molecule has 1 fully saturated rings. The molecule has 9 heteroatoms. The first-order chi connectivity index (χ1) is 12.0. The molecule has 144 valence electrons. The molecule has 0 N–H and O–H groups in total. The van der Waals surface area contributed by atoms with E-state index in [2.05, 4.69) is 4.98 Å². The van der Waals surface area contributed by atoms with Crippen molar-refractivity contribution in [3.05, 3.63) is 17.8 Å². The number of thioether (sulfide) groups is 1. The van der Waals surface area contributed by atoms with Gasteiger partial charge in [-0.25, -0.2) is 9.78 Å². The molecule has 2 aliphatic rings. The maximum atomic E-state index is 12.9. The standard InChI is InChI=1S/C17H22F3N3O2S/c1-16(2,3)25-15(24)22-5-6-23-12(10-22)4-7-26-13-8-11(17(18,19)20)9-21-14(13)23/h8-9,12H,4-7,10H2,1-3H3. The van der Waals surface area contributed by atoms with Crippen LogP contribution in [-0.4, -0.2) is 53.0 Å². The van der Waals surface area contributed by atoms with Crippen molar-refractivity contribution in [1.82, 2.24) is 9.88 Å². The van der Waals surface area contributed by atoms with Crippen molar-refractivity contribution in [3.63, 3.8) is 0 Å². The van der Waals surface area contributed by atoms with E-state index in [9.17, 15) is 18.0 Å². The van der Waals surface area contributed by atoms with Crippen LogP contribution in [0.2, 0.25) is 0 Å². The van der Waals surface area contributed by atoms with E-state index in [1.807, 2.05) is 25.7 Å². The van der Waals surface area contributed by atoms with Crippen LogP contribution in [0.3, 0.4) is 0 Å². The van der Waals surface area contributed by atoms with Crippen LogP contribution in [0.4, 0.5) is 23.8 Å². The highest BCUT2D eigenvalue weighted by molar-refractivity contribution is 7.99. The second-order valence-corrected chi connectivity index (χ2v) is 8.59. The SMILES string of the molecule is CC(C)(C)OC(=O)N1CCN2c3ncc(C(F)(F)F)cc3SCCC2C1. The smallest absolute Gasteiger partial charge is 0.417 e. The maximum absolute atomic E-state index is 12.9. The summed E-state index contributed by atoms with van der Waals surface area (Å²) in [6.07, 6.45) is -3.09. The molecular formula is C17H22F3N3O2S. The minimum absolute atomic E-state index is 0.0225. The van der Waals surface area contributed by atoms with Gasteiger partial charge in [0.25, 0.3) is 0 Å². The Kier molecular flexibility index (Phi) is 5.02. The summed E-state index contributed by atoms with van der Waals surface area (Å²) >= 11 is 1.39. The second-order valence-electron chi connectivity index (χ2n) is 7.45. The Morgan fingerprint density at radius 1 is 1.31 bits per heavy atom. The van der Waals surface area contributed by atoms with Gasteiger partial charge in [0.2, 0.25) is 0 Å². The van der Waals surface area contributed by atoms with Crippen LogP contribution in [-0.2, 0) is 10.9 Å². The van der Waals surface area contributed by atoms with Gasteiger partial charge in [0.05, 0.1) is 10.5 Å². The van der Waals surface area contributed by atoms with Crippen molar-refractivity contribution in [1.29, 1.82) is 0 Å². The summed E-state index contributed by atoms with van der Waals surface area (Å²) in [6.45, 7) is 6.93. The molecule has 1 aromatic heterocycles. The average Bonchev–Trinajstić information content (AvgIpc) is 2.70. The maximum Gasteiger partial charge on any atom is 0.417 e. The van der Waals surface area contributed by atoms with Gasteiger partial charge >= 0.3 is 12.3 Å². The Labute approximate surface area is 154 Å². The van der Waals surface area contributed by atoms with E-state index in [0.29, 0.717) is 36.1 Å². The van der Waals surface area contributed by atoms with Crippen LogP contribution in [0, 0.1) is 0 Å². The molecule has 0 saturated carbocycles. The van der Waals surface area contributed by atoms with Crippen molar-refractivity contribution in [2.75, 3.05) is 30.3 Å². The second kappa shape index (κ2) is 6.83. The van der Waals surface area contributed by atoms with E-state index in [-0.39, 0.29) is 12.1 Å². The Morgan fingerprint density at radius 3 is 2.69 bits per heavy atom. The molecule has 3 rings (SSSR count). The lowest BCUT2D eigenvalue weighted by molar-refractivity contribution is -0.138. The highest BCUT2D eigenvalue weighted by atomic mass is 32.2. The van der Waals surface area contributed by atoms with Crippen molar-refractivity contribution in [3.8, 4) is 0 Å². The Morgan fingerprint density at radius 2 is 2.04 bits per heavy atom. The third-order valence-electron chi connectivity index (χ3n) is 4.28. The number of halogens is 3. The van der Waals surface area contributed by atoms with E-state index in [1.165, 1.54) is 17.8 Å². The lowest BCUT2D eigenvalue weighted by atomic mass is 10.1. The van der Waals surface area contributed by atoms with Gasteiger partial charge in [-0.3, -0.25) is 0 Å². The predicted octanol–water partition coefficient (Wildman–Crippen LogP) is 4.02. The predicted molar refractivity (Wildman–Crippen MR) is 93.5 cm³/mol. The number of anilines is 1. The molecule has 1 aromatic rings. The van der Waals surface area contributed by atoms with Gasteiger partial charge in [-0.05, 0) is 33.3 Å². The van der Waals surface area contributed by atoms with Crippen LogP contribution in [0.25, 0.3) is 0 Å². The van der Waals surface area contributed by atoms with Crippen LogP contribution < -0.4 is 4.90 Å². The zero-order valence-electron chi connectivity index (χ0n) is 15.0. The molecule has 0 bridgehead atoms. The van der Waals surface area contributed by atoms with E-state index < -0.39 is 17.3 Å². The lowest BCUT2D eigenvalue weighted by Crippen LogP contribution is -2.55. The summed E-state index contributed by atoms with van der Waals surface area (Å²) in [5.74, 6) is 1.26. The normalized spacial score (nSPS) is 20.9. The quantitative estimate of drug-likeness (QED) is 0.671. The van der Waals surface area contributed by atoms with Gasteiger partial charge in [0.1, 0.15) is 11.4 Å². The average molecular weight is 389 g/mol. The number of rotatable bonds is 0. The fourth-order valence-corrected chi connectivity index (χ4v) is 4.21. The molecule has 1 amide bonds. The summed E-state index contributed by atoms with van der Waals surface area (Å²) < 4.78 is 44.3. The highest BCUT2D eigenvalue weighted by Gasteiger charge is 2.37. The summed E-state index contributed by atoms with van der Waals surface area (Å²) in [5.41, 5.74) is -1.29. The third kappa shape index (κ3) is 4.19. The monoisotopic (exact) mass is 389 g/mol. The minimum Gasteiger partial charge on any atom is -0.444 e. The number of hydrogen-bond donors (Lipinski definition) is 0.